The number of carbonyl (C=O) groups is 1. The van der Waals surface area contributed by atoms with Gasteiger partial charge in [0.1, 0.15) is 5.76 Å². The zero-order valence-electron chi connectivity index (χ0n) is 7.50. The highest BCUT2D eigenvalue weighted by molar-refractivity contribution is 6.67. The minimum absolute atomic E-state index is 0.206. The molecule has 14 heavy (non-hydrogen) atoms. The average Bonchev–Trinajstić information content (AvgIpc) is 2.68. The van der Waals surface area contributed by atoms with Crippen LogP contribution in [0, 0.1) is 0 Å². The first-order chi connectivity index (χ1) is 6.77. The van der Waals surface area contributed by atoms with Gasteiger partial charge in [0.15, 0.2) is 5.76 Å². The molecule has 0 radical (unpaired) electrons. The van der Waals surface area contributed by atoms with Crippen LogP contribution in [0.1, 0.15) is 29.2 Å². The lowest BCUT2D eigenvalue weighted by Crippen LogP contribution is -1.86. The summed E-state index contributed by atoms with van der Waals surface area (Å²) in [5, 5.41) is -0.553. The van der Waals surface area contributed by atoms with Crippen LogP contribution in [-0.2, 0) is 0 Å². The molecule has 0 amide bonds. The summed E-state index contributed by atoms with van der Waals surface area (Å²) in [6, 6.07) is 3.38. The fraction of sp³-hybridized carbons (Fsp3) is 0.182. The van der Waals surface area contributed by atoms with Crippen LogP contribution in [0.2, 0.25) is 0 Å². The summed E-state index contributed by atoms with van der Waals surface area (Å²) in [6.07, 6.45) is 8.03. The van der Waals surface area contributed by atoms with Crippen molar-refractivity contribution in [1.82, 2.24) is 0 Å². The SMILES string of the molecule is O=C(Cl)c1ccc(C2=CC=CCC2)o1. The van der Waals surface area contributed by atoms with Crippen molar-refractivity contribution in [1.29, 1.82) is 0 Å². The molecule has 0 fully saturated rings. The predicted molar refractivity (Wildman–Crippen MR) is 55.2 cm³/mol. The van der Waals surface area contributed by atoms with E-state index in [1.54, 1.807) is 12.1 Å². The van der Waals surface area contributed by atoms with Crippen molar-refractivity contribution >= 4 is 22.4 Å². The van der Waals surface area contributed by atoms with Gasteiger partial charge in [-0.25, -0.2) is 0 Å². The first kappa shape index (κ1) is 9.28. The Kier molecular flexibility index (Phi) is 2.55. The second-order valence-corrected chi connectivity index (χ2v) is 3.44. The van der Waals surface area contributed by atoms with Gasteiger partial charge in [0, 0.05) is 0 Å². The molecule has 0 saturated heterocycles. The van der Waals surface area contributed by atoms with Crippen molar-refractivity contribution in [3.05, 3.63) is 41.9 Å². The number of rotatable bonds is 2. The second-order valence-electron chi connectivity index (χ2n) is 3.10. The van der Waals surface area contributed by atoms with E-state index in [2.05, 4.69) is 6.08 Å². The molecule has 0 spiro atoms. The Hall–Kier alpha value is -1.28. The molecule has 1 aliphatic rings. The summed E-state index contributed by atoms with van der Waals surface area (Å²) in [5.74, 6) is 0.940. The smallest absolute Gasteiger partial charge is 0.287 e. The van der Waals surface area contributed by atoms with Gasteiger partial charge in [0.25, 0.3) is 5.24 Å². The first-order valence-corrected chi connectivity index (χ1v) is 4.81. The summed E-state index contributed by atoms with van der Waals surface area (Å²) in [7, 11) is 0. The zero-order chi connectivity index (χ0) is 9.97. The molecule has 0 atom stereocenters. The lowest BCUT2D eigenvalue weighted by Gasteiger charge is -2.04. The molecule has 0 bridgehead atoms. The van der Waals surface area contributed by atoms with Gasteiger partial charge in [-0.05, 0) is 42.1 Å². The standard InChI is InChI=1S/C11H9ClO2/c12-11(13)10-7-6-9(14-10)8-4-2-1-3-5-8/h1-2,4,6-7H,3,5H2. The van der Waals surface area contributed by atoms with E-state index in [0.717, 1.165) is 24.2 Å². The third-order valence-corrected chi connectivity index (χ3v) is 2.32. The lowest BCUT2D eigenvalue weighted by atomic mass is 10.0. The fourth-order valence-electron chi connectivity index (χ4n) is 1.42. The van der Waals surface area contributed by atoms with Gasteiger partial charge < -0.3 is 4.42 Å². The summed E-state index contributed by atoms with van der Waals surface area (Å²) < 4.78 is 5.30. The first-order valence-electron chi connectivity index (χ1n) is 4.43. The summed E-state index contributed by atoms with van der Waals surface area (Å²) in [6.45, 7) is 0. The minimum atomic E-state index is -0.553. The third-order valence-electron chi connectivity index (χ3n) is 2.13. The maximum Gasteiger partial charge on any atom is 0.287 e. The highest BCUT2D eigenvalue weighted by atomic mass is 35.5. The normalized spacial score (nSPS) is 15.4. The molecular formula is C11H9ClO2. The van der Waals surface area contributed by atoms with E-state index in [0.29, 0.717) is 0 Å². The van der Waals surface area contributed by atoms with E-state index in [1.807, 2.05) is 12.2 Å². The van der Waals surface area contributed by atoms with Crippen LogP contribution in [0.15, 0.2) is 34.8 Å². The van der Waals surface area contributed by atoms with Crippen molar-refractivity contribution in [2.24, 2.45) is 0 Å². The number of hydrogen-bond acceptors (Lipinski definition) is 2. The highest BCUT2D eigenvalue weighted by Gasteiger charge is 2.11. The lowest BCUT2D eigenvalue weighted by molar-refractivity contribution is 0.105. The van der Waals surface area contributed by atoms with Crippen molar-refractivity contribution in [2.75, 3.05) is 0 Å². The highest BCUT2D eigenvalue weighted by Crippen LogP contribution is 2.25. The summed E-state index contributed by atoms with van der Waals surface area (Å²) in [4.78, 5) is 10.8. The van der Waals surface area contributed by atoms with Crippen molar-refractivity contribution in [3.63, 3.8) is 0 Å². The van der Waals surface area contributed by atoms with Crippen LogP contribution >= 0.6 is 11.6 Å². The molecule has 1 aromatic heterocycles. The second kappa shape index (κ2) is 3.84. The molecule has 0 aliphatic heterocycles. The number of allylic oxidation sites excluding steroid dienone is 4. The molecule has 2 nitrogen and oxygen atoms in total. The maximum atomic E-state index is 10.8. The fourth-order valence-corrected chi connectivity index (χ4v) is 1.53. The van der Waals surface area contributed by atoms with Crippen LogP contribution in [0.4, 0.5) is 0 Å². The van der Waals surface area contributed by atoms with E-state index < -0.39 is 5.24 Å². The Bertz CT molecular complexity index is 413. The van der Waals surface area contributed by atoms with Crippen LogP contribution in [-0.4, -0.2) is 5.24 Å². The topological polar surface area (TPSA) is 30.2 Å². The number of carbonyl (C=O) groups excluding carboxylic acids is 1. The molecule has 72 valence electrons. The van der Waals surface area contributed by atoms with Crippen molar-refractivity contribution in [2.45, 2.75) is 12.8 Å². The molecule has 0 aromatic carbocycles. The van der Waals surface area contributed by atoms with Gasteiger partial charge in [-0.15, -0.1) is 0 Å². The Balaban J connectivity index is 2.28. The minimum Gasteiger partial charge on any atom is -0.452 e. The van der Waals surface area contributed by atoms with Crippen LogP contribution in [0.5, 0.6) is 0 Å². The predicted octanol–water partition coefficient (Wildman–Crippen LogP) is 3.39. The molecular weight excluding hydrogens is 200 g/mol. The number of halogens is 1. The van der Waals surface area contributed by atoms with E-state index in [-0.39, 0.29) is 5.76 Å². The maximum absolute atomic E-state index is 10.8. The Morgan fingerprint density at radius 3 is 2.86 bits per heavy atom. The molecule has 1 aliphatic carbocycles. The zero-order valence-corrected chi connectivity index (χ0v) is 8.25. The third kappa shape index (κ3) is 1.80. The monoisotopic (exact) mass is 208 g/mol. The van der Waals surface area contributed by atoms with E-state index in [1.165, 1.54) is 0 Å². The summed E-state index contributed by atoms with van der Waals surface area (Å²) >= 11 is 5.29. The Labute approximate surface area is 86.9 Å². The van der Waals surface area contributed by atoms with Gasteiger partial charge in [-0.2, -0.15) is 0 Å². The largest absolute Gasteiger partial charge is 0.452 e. The van der Waals surface area contributed by atoms with E-state index >= 15 is 0 Å². The molecule has 0 saturated carbocycles. The Morgan fingerprint density at radius 2 is 2.29 bits per heavy atom. The van der Waals surface area contributed by atoms with E-state index in [4.69, 9.17) is 16.0 Å². The number of hydrogen-bond donors (Lipinski definition) is 0. The Morgan fingerprint density at radius 1 is 1.43 bits per heavy atom. The average molecular weight is 209 g/mol. The van der Waals surface area contributed by atoms with Gasteiger partial charge in [0.05, 0.1) is 0 Å². The van der Waals surface area contributed by atoms with Crippen LogP contribution in [0.25, 0.3) is 5.57 Å². The van der Waals surface area contributed by atoms with Crippen LogP contribution in [0.3, 0.4) is 0 Å². The van der Waals surface area contributed by atoms with Gasteiger partial charge in [0.2, 0.25) is 0 Å². The molecule has 3 heteroatoms. The summed E-state index contributed by atoms with van der Waals surface area (Å²) in [5.41, 5.74) is 1.11. The molecule has 1 heterocycles. The van der Waals surface area contributed by atoms with Crippen molar-refractivity contribution < 1.29 is 9.21 Å². The van der Waals surface area contributed by atoms with Gasteiger partial charge in [-0.1, -0.05) is 18.2 Å². The quantitative estimate of drug-likeness (QED) is 0.698. The van der Waals surface area contributed by atoms with Crippen LogP contribution < -0.4 is 0 Å². The molecule has 0 unspecified atom stereocenters. The van der Waals surface area contributed by atoms with E-state index in [9.17, 15) is 4.79 Å². The molecule has 1 aromatic rings. The van der Waals surface area contributed by atoms with Gasteiger partial charge in [-0.3, -0.25) is 4.79 Å². The van der Waals surface area contributed by atoms with Gasteiger partial charge >= 0.3 is 0 Å². The van der Waals surface area contributed by atoms with Crippen molar-refractivity contribution in [3.8, 4) is 0 Å². The number of furan rings is 1. The molecule has 2 rings (SSSR count). The molecule has 0 N–H and O–H groups in total.